The van der Waals surface area contributed by atoms with Crippen LogP contribution < -0.4 is 5.43 Å². The molecule has 0 aliphatic heterocycles. The average Bonchev–Trinajstić information content (AvgIpc) is 2.19. The minimum Gasteiger partial charge on any atom is -0.502 e. The van der Waals surface area contributed by atoms with Gasteiger partial charge in [-0.05, 0) is 6.42 Å². The van der Waals surface area contributed by atoms with Crippen LogP contribution in [0.1, 0.15) is 25.5 Å². The molecular formula is C11H14O3. The highest BCUT2D eigenvalue weighted by Crippen LogP contribution is 2.11. The number of hydrogen-bond donors (Lipinski definition) is 1. The molecule has 0 atom stereocenters. The molecule has 0 unspecified atom stereocenters. The molecule has 0 saturated carbocycles. The van der Waals surface area contributed by atoms with Crippen molar-refractivity contribution in [1.29, 1.82) is 0 Å². The molecule has 1 N–H and O–H groups in total. The first kappa shape index (κ1) is 10.6. The molecule has 14 heavy (non-hydrogen) atoms. The van der Waals surface area contributed by atoms with E-state index in [4.69, 9.17) is 4.42 Å². The van der Waals surface area contributed by atoms with Crippen LogP contribution in [0.4, 0.5) is 0 Å². The highest BCUT2D eigenvalue weighted by molar-refractivity contribution is 5.24. The molecule has 0 fully saturated rings. The van der Waals surface area contributed by atoms with Crippen LogP contribution in [-0.4, -0.2) is 5.11 Å². The Balaban J connectivity index is 2.68. The van der Waals surface area contributed by atoms with Crippen molar-refractivity contribution >= 4 is 0 Å². The van der Waals surface area contributed by atoms with Crippen LogP contribution in [0.15, 0.2) is 33.7 Å². The van der Waals surface area contributed by atoms with Gasteiger partial charge in [0, 0.05) is 12.5 Å². The number of allylic oxidation sites excluding steroid dienone is 2. The first-order valence-electron chi connectivity index (χ1n) is 4.70. The van der Waals surface area contributed by atoms with Gasteiger partial charge in [0.2, 0.25) is 11.2 Å². The molecule has 0 aliphatic carbocycles. The van der Waals surface area contributed by atoms with Crippen LogP contribution in [0.5, 0.6) is 5.75 Å². The lowest BCUT2D eigenvalue weighted by Gasteiger charge is -1.97. The van der Waals surface area contributed by atoms with Crippen molar-refractivity contribution in [2.75, 3.05) is 0 Å². The first-order valence-corrected chi connectivity index (χ1v) is 4.70. The first-order chi connectivity index (χ1) is 6.75. The quantitative estimate of drug-likeness (QED) is 0.748. The number of hydrogen-bond acceptors (Lipinski definition) is 3. The van der Waals surface area contributed by atoms with Crippen LogP contribution in [0.2, 0.25) is 0 Å². The predicted molar refractivity (Wildman–Crippen MR) is 54.4 cm³/mol. The van der Waals surface area contributed by atoms with Gasteiger partial charge in [0.1, 0.15) is 0 Å². The van der Waals surface area contributed by atoms with E-state index < -0.39 is 5.43 Å². The predicted octanol–water partition coefficient (Wildman–Crippen LogP) is 2.24. The summed E-state index contributed by atoms with van der Waals surface area (Å²) in [5.41, 5.74) is -0.393. The molecule has 0 spiro atoms. The summed E-state index contributed by atoms with van der Waals surface area (Å²) in [6.07, 6.45) is 7.74. The molecule has 76 valence electrons. The second-order valence-electron chi connectivity index (χ2n) is 3.02. The van der Waals surface area contributed by atoms with Gasteiger partial charge in [-0.1, -0.05) is 25.5 Å². The van der Waals surface area contributed by atoms with Crippen LogP contribution in [-0.2, 0) is 6.42 Å². The van der Waals surface area contributed by atoms with Crippen LogP contribution in [0.3, 0.4) is 0 Å². The molecule has 0 aliphatic rings. The molecule has 0 radical (unpaired) electrons. The standard InChI is InChI=1S/C11H14O3/c1-2-3-4-5-6-10-11(13)9(12)7-8-14-10/h4-5,7-8,13H,2-3,6H2,1H3. The van der Waals surface area contributed by atoms with Gasteiger partial charge in [-0.3, -0.25) is 4.79 Å². The lowest BCUT2D eigenvalue weighted by molar-refractivity contribution is 0.406. The maximum atomic E-state index is 11.0. The Morgan fingerprint density at radius 2 is 2.29 bits per heavy atom. The summed E-state index contributed by atoms with van der Waals surface area (Å²) in [6.45, 7) is 2.09. The van der Waals surface area contributed by atoms with Crippen molar-refractivity contribution in [2.45, 2.75) is 26.2 Å². The van der Waals surface area contributed by atoms with Gasteiger partial charge in [0.15, 0.2) is 5.76 Å². The molecule has 1 heterocycles. The van der Waals surface area contributed by atoms with Crippen molar-refractivity contribution in [1.82, 2.24) is 0 Å². The van der Waals surface area contributed by atoms with E-state index in [1.165, 1.54) is 12.3 Å². The summed E-state index contributed by atoms with van der Waals surface area (Å²) >= 11 is 0. The SMILES string of the molecule is CCCC=CCc1occc(=O)c1O. The Hall–Kier alpha value is -1.51. The number of rotatable bonds is 4. The smallest absolute Gasteiger partial charge is 0.226 e. The molecule has 1 aromatic rings. The molecule has 0 amide bonds. The molecule has 0 bridgehead atoms. The zero-order valence-electron chi connectivity index (χ0n) is 8.19. The largest absolute Gasteiger partial charge is 0.502 e. The van der Waals surface area contributed by atoms with Crippen molar-refractivity contribution in [3.05, 3.63) is 40.5 Å². The van der Waals surface area contributed by atoms with Gasteiger partial charge >= 0.3 is 0 Å². The Kier molecular flexibility index (Phi) is 3.98. The van der Waals surface area contributed by atoms with Crippen LogP contribution in [0.25, 0.3) is 0 Å². The Bertz CT molecular complexity index is 363. The zero-order chi connectivity index (χ0) is 10.4. The third-order valence-electron chi connectivity index (χ3n) is 1.85. The lowest BCUT2D eigenvalue weighted by Crippen LogP contribution is -1.99. The van der Waals surface area contributed by atoms with E-state index in [0.29, 0.717) is 12.2 Å². The third kappa shape index (κ3) is 2.76. The Morgan fingerprint density at radius 3 is 3.00 bits per heavy atom. The molecule has 0 saturated heterocycles. The molecule has 3 heteroatoms. The summed E-state index contributed by atoms with van der Waals surface area (Å²) in [7, 11) is 0. The molecular weight excluding hydrogens is 180 g/mol. The molecule has 0 aromatic carbocycles. The fraction of sp³-hybridized carbons (Fsp3) is 0.364. The molecule has 1 aromatic heterocycles. The zero-order valence-corrected chi connectivity index (χ0v) is 8.19. The van der Waals surface area contributed by atoms with Crippen molar-refractivity contribution in [2.24, 2.45) is 0 Å². The van der Waals surface area contributed by atoms with E-state index in [-0.39, 0.29) is 5.75 Å². The fourth-order valence-electron chi connectivity index (χ4n) is 1.07. The summed E-state index contributed by atoms with van der Waals surface area (Å²) in [4.78, 5) is 11.0. The van der Waals surface area contributed by atoms with Gasteiger partial charge < -0.3 is 9.52 Å². The van der Waals surface area contributed by atoms with Crippen molar-refractivity contribution in [3.63, 3.8) is 0 Å². The average molecular weight is 194 g/mol. The fourth-order valence-corrected chi connectivity index (χ4v) is 1.07. The van der Waals surface area contributed by atoms with Gasteiger partial charge in [0.05, 0.1) is 6.26 Å². The highest BCUT2D eigenvalue weighted by Gasteiger charge is 2.04. The number of unbranched alkanes of at least 4 members (excludes halogenated alkanes) is 1. The summed E-state index contributed by atoms with van der Waals surface area (Å²) in [6, 6.07) is 1.20. The minimum atomic E-state index is -0.393. The van der Waals surface area contributed by atoms with Crippen molar-refractivity contribution < 1.29 is 9.52 Å². The maximum absolute atomic E-state index is 11.0. The van der Waals surface area contributed by atoms with E-state index in [2.05, 4.69) is 6.92 Å². The topological polar surface area (TPSA) is 50.4 Å². The van der Waals surface area contributed by atoms with Gasteiger partial charge in [-0.2, -0.15) is 0 Å². The maximum Gasteiger partial charge on any atom is 0.226 e. The van der Waals surface area contributed by atoms with Crippen LogP contribution >= 0.6 is 0 Å². The Labute approximate surface area is 82.7 Å². The van der Waals surface area contributed by atoms with E-state index in [0.717, 1.165) is 12.8 Å². The third-order valence-corrected chi connectivity index (χ3v) is 1.85. The van der Waals surface area contributed by atoms with E-state index in [9.17, 15) is 9.90 Å². The highest BCUT2D eigenvalue weighted by atomic mass is 16.4. The summed E-state index contributed by atoms with van der Waals surface area (Å²) in [5, 5.41) is 9.31. The Morgan fingerprint density at radius 1 is 1.50 bits per heavy atom. The van der Waals surface area contributed by atoms with Gasteiger partial charge in [-0.15, -0.1) is 0 Å². The normalized spacial score (nSPS) is 10.9. The van der Waals surface area contributed by atoms with Gasteiger partial charge in [-0.25, -0.2) is 0 Å². The second kappa shape index (κ2) is 5.27. The van der Waals surface area contributed by atoms with E-state index >= 15 is 0 Å². The molecule has 3 nitrogen and oxygen atoms in total. The lowest BCUT2D eigenvalue weighted by atomic mass is 10.2. The van der Waals surface area contributed by atoms with Crippen LogP contribution in [0, 0.1) is 0 Å². The van der Waals surface area contributed by atoms with E-state index in [1.54, 1.807) is 0 Å². The minimum absolute atomic E-state index is 0.284. The molecule has 1 rings (SSSR count). The number of aromatic hydroxyl groups is 1. The second-order valence-corrected chi connectivity index (χ2v) is 3.02. The monoisotopic (exact) mass is 194 g/mol. The van der Waals surface area contributed by atoms with Crippen molar-refractivity contribution in [3.8, 4) is 5.75 Å². The van der Waals surface area contributed by atoms with E-state index in [1.807, 2.05) is 12.2 Å². The summed E-state index contributed by atoms with van der Waals surface area (Å²) in [5.74, 6) is 0.0403. The van der Waals surface area contributed by atoms with Gasteiger partial charge in [0.25, 0.3) is 0 Å². The summed E-state index contributed by atoms with van der Waals surface area (Å²) < 4.78 is 5.02.